The second kappa shape index (κ2) is 5.48. The average molecular weight is 315 g/mol. The van der Waals surface area contributed by atoms with Gasteiger partial charge in [-0.2, -0.15) is 0 Å². The quantitative estimate of drug-likeness (QED) is 0.839. The van der Waals surface area contributed by atoms with E-state index in [1.54, 1.807) is 6.20 Å². The molecule has 3 aliphatic rings. The molecule has 3 fully saturated rings. The summed E-state index contributed by atoms with van der Waals surface area (Å²) in [4.78, 5) is 16.6. The standard InChI is InChI=1S/C18H25N3O2/c1-18(2,21-17(22)16-13-7-20-8-14(13)16)10-23-15-9-19-6-5-12(15)11-3-4-11/h5-6,9,11,13-14,16,20H,3-4,7-8,10H2,1-2H3,(H,21,22)/t13-,14+,16?. The van der Waals surface area contributed by atoms with Crippen molar-refractivity contribution in [2.45, 2.75) is 38.1 Å². The summed E-state index contributed by atoms with van der Waals surface area (Å²) in [6, 6.07) is 2.05. The van der Waals surface area contributed by atoms with E-state index >= 15 is 0 Å². The van der Waals surface area contributed by atoms with E-state index in [4.69, 9.17) is 4.74 Å². The van der Waals surface area contributed by atoms with E-state index in [9.17, 15) is 4.79 Å². The molecule has 0 spiro atoms. The lowest BCUT2D eigenvalue weighted by atomic mass is 10.1. The summed E-state index contributed by atoms with van der Waals surface area (Å²) < 4.78 is 6.01. The molecule has 2 N–H and O–H groups in total. The van der Waals surface area contributed by atoms with Gasteiger partial charge >= 0.3 is 0 Å². The molecule has 1 aromatic rings. The Bertz CT molecular complexity index is 602. The Kier molecular flexibility index (Phi) is 3.56. The maximum Gasteiger partial charge on any atom is 0.224 e. The fourth-order valence-corrected chi connectivity index (χ4v) is 3.76. The highest BCUT2D eigenvalue weighted by molar-refractivity contribution is 5.83. The van der Waals surface area contributed by atoms with Crippen molar-refractivity contribution < 1.29 is 9.53 Å². The molecular weight excluding hydrogens is 290 g/mol. The number of pyridine rings is 1. The van der Waals surface area contributed by atoms with E-state index in [0.29, 0.717) is 24.4 Å². The number of nitrogens with zero attached hydrogens (tertiary/aromatic N) is 1. The molecule has 4 rings (SSSR count). The maximum absolute atomic E-state index is 12.4. The highest BCUT2D eigenvalue weighted by Crippen LogP contribution is 2.49. The van der Waals surface area contributed by atoms with E-state index in [0.717, 1.165) is 18.8 Å². The van der Waals surface area contributed by atoms with Crippen LogP contribution in [-0.4, -0.2) is 36.1 Å². The normalized spacial score (nSPS) is 29.0. The van der Waals surface area contributed by atoms with Gasteiger partial charge in [0, 0.05) is 17.7 Å². The highest BCUT2D eigenvalue weighted by Gasteiger charge is 2.57. The number of piperidine rings is 1. The molecular formula is C18H25N3O2. The van der Waals surface area contributed by atoms with Gasteiger partial charge in [-0.1, -0.05) is 0 Å². The van der Waals surface area contributed by atoms with E-state index in [-0.39, 0.29) is 17.4 Å². The molecule has 1 aromatic heterocycles. The lowest BCUT2D eigenvalue weighted by molar-refractivity contribution is -0.125. The van der Waals surface area contributed by atoms with Crippen LogP contribution in [-0.2, 0) is 4.79 Å². The third-order valence-electron chi connectivity index (χ3n) is 5.28. The molecule has 2 saturated carbocycles. The van der Waals surface area contributed by atoms with Gasteiger partial charge in [0.15, 0.2) is 0 Å². The fraction of sp³-hybridized carbons (Fsp3) is 0.667. The van der Waals surface area contributed by atoms with Gasteiger partial charge < -0.3 is 15.4 Å². The molecule has 1 saturated heterocycles. The molecule has 1 unspecified atom stereocenters. The minimum atomic E-state index is -0.377. The third-order valence-corrected chi connectivity index (χ3v) is 5.28. The first-order chi connectivity index (χ1) is 11.1. The van der Waals surface area contributed by atoms with E-state index in [1.165, 1.54) is 18.4 Å². The summed E-state index contributed by atoms with van der Waals surface area (Å²) >= 11 is 0. The van der Waals surface area contributed by atoms with E-state index < -0.39 is 0 Å². The molecule has 2 heterocycles. The van der Waals surface area contributed by atoms with Crippen LogP contribution in [0.15, 0.2) is 18.5 Å². The Hall–Kier alpha value is -1.62. The largest absolute Gasteiger partial charge is 0.489 e. The van der Waals surface area contributed by atoms with Gasteiger partial charge in [-0.25, -0.2) is 0 Å². The maximum atomic E-state index is 12.4. The number of aromatic nitrogens is 1. The van der Waals surface area contributed by atoms with Crippen molar-refractivity contribution in [3.05, 3.63) is 24.0 Å². The third kappa shape index (κ3) is 3.07. The zero-order chi connectivity index (χ0) is 16.0. The highest BCUT2D eigenvalue weighted by atomic mass is 16.5. The molecule has 5 heteroatoms. The average Bonchev–Trinajstić information content (AvgIpc) is 3.43. The molecule has 0 aromatic carbocycles. The number of carbonyl (C=O) groups is 1. The molecule has 1 aliphatic heterocycles. The molecule has 1 amide bonds. The van der Waals surface area contributed by atoms with Gasteiger partial charge in [0.25, 0.3) is 0 Å². The topological polar surface area (TPSA) is 63.2 Å². The minimum absolute atomic E-state index is 0.184. The number of rotatable bonds is 6. The number of hydrogen-bond acceptors (Lipinski definition) is 4. The summed E-state index contributed by atoms with van der Waals surface area (Å²) in [6.07, 6.45) is 6.09. The van der Waals surface area contributed by atoms with Crippen molar-refractivity contribution in [3.8, 4) is 5.75 Å². The zero-order valence-corrected chi connectivity index (χ0v) is 13.8. The molecule has 5 nitrogen and oxygen atoms in total. The van der Waals surface area contributed by atoms with Crippen LogP contribution < -0.4 is 15.4 Å². The number of amides is 1. The van der Waals surface area contributed by atoms with Gasteiger partial charge in [0.2, 0.25) is 5.91 Å². The second-order valence-electron chi connectivity index (χ2n) is 7.86. The first-order valence-electron chi connectivity index (χ1n) is 8.65. The Balaban J connectivity index is 1.33. The van der Waals surface area contributed by atoms with Crippen molar-refractivity contribution in [2.75, 3.05) is 19.7 Å². The van der Waals surface area contributed by atoms with Gasteiger partial charge in [-0.3, -0.25) is 9.78 Å². The predicted octanol–water partition coefficient (Wildman–Crippen LogP) is 1.70. The predicted molar refractivity (Wildman–Crippen MR) is 87.3 cm³/mol. The van der Waals surface area contributed by atoms with Gasteiger partial charge in [0.1, 0.15) is 12.4 Å². The lowest BCUT2D eigenvalue weighted by Crippen LogP contribution is -2.49. The van der Waals surface area contributed by atoms with Crippen molar-refractivity contribution in [1.82, 2.24) is 15.6 Å². The summed E-state index contributed by atoms with van der Waals surface area (Å²) in [5, 5.41) is 6.50. The van der Waals surface area contributed by atoms with E-state index in [1.807, 2.05) is 20.0 Å². The number of hydrogen-bond donors (Lipinski definition) is 2. The smallest absolute Gasteiger partial charge is 0.224 e. The first kappa shape index (κ1) is 14.9. The van der Waals surface area contributed by atoms with E-state index in [2.05, 4.69) is 21.7 Å². The van der Waals surface area contributed by atoms with Crippen molar-refractivity contribution in [1.29, 1.82) is 0 Å². The van der Waals surface area contributed by atoms with Crippen LogP contribution in [0.3, 0.4) is 0 Å². The van der Waals surface area contributed by atoms with Gasteiger partial charge in [0.05, 0.1) is 11.7 Å². The Morgan fingerprint density at radius 1 is 1.39 bits per heavy atom. The van der Waals surface area contributed by atoms with Crippen LogP contribution >= 0.6 is 0 Å². The molecule has 3 atom stereocenters. The Morgan fingerprint density at radius 3 is 2.83 bits per heavy atom. The SMILES string of the molecule is CC(C)(COc1cnccc1C1CC1)NC(=O)C1[C@H]2CNC[C@@H]12. The number of nitrogens with one attached hydrogen (secondary N) is 2. The van der Waals surface area contributed by atoms with Crippen molar-refractivity contribution in [2.24, 2.45) is 17.8 Å². The summed E-state index contributed by atoms with van der Waals surface area (Å²) in [6.45, 7) is 6.48. The molecule has 0 bridgehead atoms. The van der Waals surface area contributed by atoms with Crippen LogP contribution in [0.5, 0.6) is 5.75 Å². The van der Waals surface area contributed by atoms with Crippen LogP contribution in [0, 0.1) is 17.8 Å². The fourth-order valence-electron chi connectivity index (χ4n) is 3.76. The molecule has 23 heavy (non-hydrogen) atoms. The van der Waals surface area contributed by atoms with Gasteiger partial charge in [-0.15, -0.1) is 0 Å². The summed E-state index contributed by atoms with van der Waals surface area (Å²) in [5.74, 6) is 2.98. The number of ether oxygens (including phenoxy) is 1. The molecule has 2 aliphatic carbocycles. The van der Waals surface area contributed by atoms with Crippen molar-refractivity contribution >= 4 is 5.91 Å². The lowest BCUT2D eigenvalue weighted by Gasteiger charge is -2.27. The van der Waals surface area contributed by atoms with Crippen LogP contribution in [0.1, 0.15) is 38.2 Å². The van der Waals surface area contributed by atoms with Crippen LogP contribution in [0.4, 0.5) is 0 Å². The summed E-state index contributed by atoms with van der Waals surface area (Å²) in [7, 11) is 0. The Labute approximate surface area is 137 Å². The second-order valence-corrected chi connectivity index (χ2v) is 7.86. The van der Waals surface area contributed by atoms with Crippen molar-refractivity contribution in [3.63, 3.8) is 0 Å². The molecule has 124 valence electrons. The zero-order valence-electron chi connectivity index (χ0n) is 13.8. The summed E-state index contributed by atoms with van der Waals surface area (Å²) in [5.41, 5.74) is 0.878. The van der Waals surface area contributed by atoms with Crippen LogP contribution in [0.25, 0.3) is 0 Å². The number of carbonyl (C=O) groups excluding carboxylic acids is 1. The number of fused-ring (bicyclic) bond motifs is 1. The monoisotopic (exact) mass is 315 g/mol. The van der Waals surface area contributed by atoms with Gasteiger partial charge in [-0.05, 0) is 63.6 Å². The molecule has 0 radical (unpaired) electrons. The minimum Gasteiger partial charge on any atom is -0.489 e. The Morgan fingerprint density at radius 2 is 2.13 bits per heavy atom. The van der Waals surface area contributed by atoms with Crippen LogP contribution in [0.2, 0.25) is 0 Å². The first-order valence-corrected chi connectivity index (χ1v) is 8.65.